The standard InChI is InChI=1S/C20H35N7O7S/c1-35-9-6-12(25-16(30)11(21)4-2-7-24-20(22)23)18(32)27-8-3-5-14(27)17(31)26-13(19(33)34)10-15(28)29/h11-14H,2-10,21H2,1H3,(H,25,30)(H,26,31)(H,28,29)(H,33,34)(H4,22,23,24). The Bertz CT molecular complexity index is 807. The number of hydrogen-bond acceptors (Lipinski definition) is 8. The lowest BCUT2D eigenvalue weighted by Gasteiger charge is -2.29. The molecule has 10 N–H and O–H groups in total. The minimum Gasteiger partial charge on any atom is -0.481 e. The second kappa shape index (κ2) is 15.0. The van der Waals surface area contributed by atoms with Crippen molar-refractivity contribution in [2.45, 2.75) is 62.7 Å². The second-order valence-corrected chi connectivity index (χ2v) is 9.07. The number of nitrogens with two attached hydrogens (primary N) is 3. The highest BCUT2D eigenvalue weighted by Gasteiger charge is 2.39. The summed E-state index contributed by atoms with van der Waals surface area (Å²) in [5, 5.41) is 22.9. The van der Waals surface area contributed by atoms with Crippen LogP contribution in [0.1, 0.15) is 38.5 Å². The van der Waals surface area contributed by atoms with Crippen LogP contribution in [0.25, 0.3) is 0 Å². The number of likely N-dealkylation sites (tertiary alicyclic amines) is 1. The van der Waals surface area contributed by atoms with E-state index in [1.165, 1.54) is 16.7 Å². The lowest BCUT2D eigenvalue weighted by Crippen LogP contribution is -2.57. The molecule has 1 aliphatic rings. The van der Waals surface area contributed by atoms with E-state index in [4.69, 9.17) is 22.3 Å². The molecule has 0 aromatic rings. The Labute approximate surface area is 207 Å². The van der Waals surface area contributed by atoms with Crippen molar-refractivity contribution in [3.05, 3.63) is 0 Å². The SMILES string of the molecule is CSCCC(NC(=O)C(N)CCCN=C(N)N)C(=O)N1CCCC1C(=O)NC(CC(=O)O)C(=O)O. The summed E-state index contributed by atoms with van der Waals surface area (Å²) in [4.78, 5) is 65.9. The average molecular weight is 518 g/mol. The molecule has 1 saturated heterocycles. The maximum Gasteiger partial charge on any atom is 0.326 e. The molecule has 1 heterocycles. The molecule has 35 heavy (non-hydrogen) atoms. The van der Waals surface area contributed by atoms with E-state index in [2.05, 4.69) is 15.6 Å². The van der Waals surface area contributed by atoms with Gasteiger partial charge in [-0.3, -0.25) is 24.2 Å². The molecule has 15 heteroatoms. The van der Waals surface area contributed by atoms with Crippen molar-refractivity contribution < 1.29 is 34.2 Å². The third-order valence-corrected chi connectivity index (χ3v) is 6.01. The van der Waals surface area contributed by atoms with Gasteiger partial charge in [-0.1, -0.05) is 0 Å². The summed E-state index contributed by atoms with van der Waals surface area (Å²) in [5.74, 6) is -4.14. The first-order valence-electron chi connectivity index (χ1n) is 11.1. The van der Waals surface area contributed by atoms with Gasteiger partial charge in [0.05, 0.1) is 12.5 Å². The number of nitrogens with zero attached hydrogens (tertiary/aromatic N) is 2. The maximum absolute atomic E-state index is 13.3. The predicted molar refractivity (Wildman–Crippen MR) is 129 cm³/mol. The fourth-order valence-corrected chi connectivity index (χ4v) is 4.04. The highest BCUT2D eigenvalue weighted by atomic mass is 32.2. The van der Waals surface area contributed by atoms with Gasteiger partial charge in [-0.25, -0.2) is 4.79 Å². The Kier molecular flexibility index (Phi) is 12.9. The number of thioether (sulfide) groups is 1. The molecular weight excluding hydrogens is 482 g/mol. The van der Waals surface area contributed by atoms with Crippen LogP contribution in [0.4, 0.5) is 0 Å². The van der Waals surface area contributed by atoms with E-state index in [9.17, 15) is 29.1 Å². The van der Waals surface area contributed by atoms with Gasteiger partial charge in [0, 0.05) is 13.1 Å². The predicted octanol–water partition coefficient (Wildman–Crippen LogP) is -2.36. The molecule has 0 spiro atoms. The minimum atomic E-state index is -1.62. The van der Waals surface area contributed by atoms with E-state index in [1.807, 2.05) is 6.26 Å². The van der Waals surface area contributed by atoms with Crippen molar-refractivity contribution >= 4 is 47.4 Å². The molecule has 198 valence electrons. The van der Waals surface area contributed by atoms with E-state index in [0.29, 0.717) is 38.0 Å². The number of carboxylic acids is 2. The summed E-state index contributed by atoms with van der Waals surface area (Å²) in [6.45, 7) is 0.547. The van der Waals surface area contributed by atoms with Crippen LogP contribution in [0.3, 0.4) is 0 Å². The number of carbonyl (C=O) groups excluding carboxylic acids is 3. The van der Waals surface area contributed by atoms with E-state index in [0.717, 1.165) is 0 Å². The first-order chi connectivity index (χ1) is 16.5. The van der Waals surface area contributed by atoms with Crippen LogP contribution in [0.2, 0.25) is 0 Å². The molecule has 3 amide bonds. The van der Waals surface area contributed by atoms with Gasteiger partial charge in [-0.05, 0) is 44.1 Å². The van der Waals surface area contributed by atoms with Crippen LogP contribution < -0.4 is 27.8 Å². The minimum absolute atomic E-state index is 0.0624. The molecule has 1 fully saturated rings. The molecule has 0 radical (unpaired) electrons. The van der Waals surface area contributed by atoms with Crippen molar-refractivity contribution in [2.75, 3.05) is 25.1 Å². The highest BCUT2D eigenvalue weighted by molar-refractivity contribution is 7.98. The van der Waals surface area contributed by atoms with Crippen molar-refractivity contribution in [3.63, 3.8) is 0 Å². The summed E-state index contributed by atoms with van der Waals surface area (Å²) in [7, 11) is 0. The van der Waals surface area contributed by atoms with Gasteiger partial charge in [-0.15, -0.1) is 0 Å². The first kappa shape index (κ1) is 30.0. The van der Waals surface area contributed by atoms with Gasteiger partial charge in [0.2, 0.25) is 17.7 Å². The van der Waals surface area contributed by atoms with Crippen molar-refractivity contribution in [3.8, 4) is 0 Å². The fraction of sp³-hybridized carbons (Fsp3) is 0.700. The molecule has 4 unspecified atom stereocenters. The first-order valence-corrected chi connectivity index (χ1v) is 12.5. The lowest BCUT2D eigenvalue weighted by atomic mass is 10.1. The lowest BCUT2D eigenvalue weighted by molar-refractivity contribution is -0.148. The zero-order chi connectivity index (χ0) is 26.5. The van der Waals surface area contributed by atoms with Gasteiger partial charge >= 0.3 is 11.9 Å². The van der Waals surface area contributed by atoms with Gasteiger partial charge < -0.3 is 42.9 Å². The van der Waals surface area contributed by atoms with Gasteiger partial charge in [0.25, 0.3) is 0 Å². The molecule has 0 saturated carbocycles. The topological polar surface area (TPSA) is 244 Å². The van der Waals surface area contributed by atoms with Crippen LogP contribution >= 0.6 is 11.8 Å². The number of guanidine groups is 1. The molecule has 4 atom stereocenters. The van der Waals surface area contributed by atoms with Gasteiger partial charge in [0.1, 0.15) is 18.1 Å². The van der Waals surface area contributed by atoms with E-state index >= 15 is 0 Å². The summed E-state index contributed by atoms with van der Waals surface area (Å²) in [6, 6.07) is -4.42. The number of carboxylic acid groups (broad SMARTS) is 2. The number of aliphatic imine (C=N–C) groups is 1. The Morgan fingerprint density at radius 3 is 2.37 bits per heavy atom. The molecule has 0 aromatic heterocycles. The molecule has 1 rings (SSSR count). The van der Waals surface area contributed by atoms with Crippen LogP contribution in [-0.4, -0.2) is 100.0 Å². The maximum atomic E-state index is 13.3. The van der Waals surface area contributed by atoms with Crippen molar-refractivity contribution in [1.29, 1.82) is 0 Å². The summed E-state index contributed by atoms with van der Waals surface area (Å²) in [6.07, 6.45) is 2.88. The Balaban J connectivity index is 2.86. The summed E-state index contributed by atoms with van der Waals surface area (Å²) < 4.78 is 0. The number of nitrogens with one attached hydrogen (secondary N) is 2. The van der Waals surface area contributed by atoms with E-state index in [-0.39, 0.29) is 18.9 Å². The third kappa shape index (κ3) is 10.4. The Morgan fingerprint density at radius 1 is 1.11 bits per heavy atom. The van der Waals surface area contributed by atoms with Crippen molar-refractivity contribution in [2.24, 2.45) is 22.2 Å². The second-order valence-electron chi connectivity index (χ2n) is 8.08. The number of amides is 3. The molecule has 14 nitrogen and oxygen atoms in total. The molecule has 0 aliphatic carbocycles. The largest absolute Gasteiger partial charge is 0.481 e. The smallest absolute Gasteiger partial charge is 0.326 e. The van der Waals surface area contributed by atoms with Crippen molar-refractivity contribution in [1.82, 2.24) is 15.5 Å². The quantitative estimate of drug-likeness (QED) is 0.0688. The zero-order valence-corrected chi connectivity index (χ0v) is 20.5. The molecule has 0 aromatic carbocycles. The van der Waals surface area contributed by atoms with Gasteiger partial charge in [0.15, 0.2) is 5.96 Å². The fourth-order valence-electron chi connectivity index (χ4n) is 3.57. The van der Waals surface area contributed by atoms with Crippen LogP contribution in [0, 0.1) is 0 Å². The normalized spacial score (nSPS) is 17.7. The molecule has 0 bridgehead atoms. The van der Waals surface area contributed by atoms with Crippen LogP contribution in [0.15, 0.2) is 4.99 Å². The number of carbonyl (C=O) groups is 5. The van der Waals surface area contributed by atoms with E-state index in [1.54, 1.807) is 0 Å². The highest BCUT2D eigenvalue weighted by Crippen LogP contribution is 2.20. The zero-order valence-electron chi connectivity index (χ0n) is 19.6. The average Bonchev–Trinajstić information content (AvgIpc) is 3.27. The summed E-state index contributed by atoms with van der Waals surface area (Å²) in [5.41, 5.74) is 16.5. The number of rotatable bonds is 15. The van der Waals surface area contributed by atoms with E-state index < -0.39 is 60.2 Å². The Morgan fingerprint density at radius 2 is 1.80 bits per heavy atom. The monoisotopic (exact) mass is 517 g/mol. The third-order valence-electron chi connectivity index (χ3n) is 5.36. The molecule has 1 aliphatic heterocycles. The van der Waals surface area contributed by atoms with Gasteiger partial charge in [-0.2, -0.15) is 11.8 Å². The number of hydrogen-bond donors (Lipinski definition) is 7. The summed E-state index contributed by atoms with van der Waals surface area (Å²) >= 11 is 1.48. The number of aliphatic carboxylic acids is 2. The van der Waals surface area contributed by atoms with Crippen LogP contribution in [-0.2, 0) is 24.0 Å². The molecular formula is C20H35N7O7S. The van der Waals surface area contributed by atoms with Crippen LogP contribution in [0.5, 0.6) is 0 Å². The Hall–Kier alpha value is -3.07.